The van der Waals surface area contributed by atoms with Crippen LogP contribution in [0.5, 0.6) is 5.75 Å². The Labute approximate surface area is 149 Å². The van der Waals surface area contributed by atoms with E-state index in [0.717, 1.165) is 17.6 Å². The molecule has 1 aromatic heterocycles. The van der Waals surface area contributed by atoms with E-state index in [-0.39, 0.29) is 11.8 Å². The van der Waals surface area contributed by atoms with Gasteiger partial charge in [0, 0.05) is 30.1 Å². The predicted octanol–water partition coefficient (Wildman–Crippen LogP) is 3.22. The van der Waals surface area contributed by atoms with Crippen molar-refractivity contribution >= 4 is 28.4 Å². The van der Waals surface area contributed by atoms with E-state index in [1.165, 1.54) is 17.9 Å². The van der Waals surface area contributed by atoms with Gasteiger partial charge in [-0.15, -0.1) is 0 Å². The van der Waals surface area contributed by atoms with Crippen LogP contribution >= 0.6 is 0 Å². The van der Waals surface area contributed by atoms with Crippen molar-refractivity contribution in [3.63, 3.8) is 0 Å². The number of carbonyl (C=O) groups is 2. The normalized spacial score (nSPS) is 18.0. The molecule has 0 radical (unpaired) electrons. The summed E-state index contributed by atoms with van der Waals surface area (Å²) in [5, 5.41) is 3.89. The van der Waals surface area contributed by atoms with Gasteiger partial charge in [0.2, 0.25) is 12.1 Å². The van der Waals surface area contributed by atoms with Gasteiger partial charge >= 0.3 is 0 Å². The molecule has 3 heterocycles. The molecule has 26 heavy (non-hydrogen) atoms. The molecule has 0 saturated carbocycles. The second-order valence-electron chi connectivity index (χ2n) is 6.67. The number of anilines is 1. The summed E-state index contributed by atoms with van der Waals surface area (Å²) in [7, 11) is 0. The summed E-state index contributed by atoms with van der Waals surface area (Å²) < 4.78 is 6.18. The minimum Gasteiger partial charge on any atom is -0.464 e. The first-order valence-electron chi connectivity index (χ1n) is 8.60. The Kier molecular flexibility index (Phi) is 3.09. The third-order valence-electron chi connectivity index (χ3n) is 5.01. The Morgan fingerprint density at radius 3 is 2.96 bits per heavy atom. The van der Waals surface area contributed by atoms with Crippen molar-refractivity contribution in [2.45, 2.75) is 19.6 Å². The van der Waals surface area contributed by atoms with E-state index in [9.17, 15) is 9.59 Å². The van der Waals surface area contributed by atoms with Gasteiger partial charge in [-0.25, -0.2) is 0 Å². The van der Waals surface area contributed by atoms with Crippen LogP contribution in [0.4, 0.5) is 5.69 Å². The van der Waals surface area contributed by atoms with E-state index in [1.54, 1.807) is 23.1 Å². The highest BCUT2D eigenvalue weighted by Crippen LogP contribution is 2.41. The predicted molar refractivity (Wildman–Crippen MR) is 97.2 cm³/mol. The van der Waals surface area contributed by atoms with Crippen molar-refractivity contribution < 1.29 is 14.3 Å². The third kappa shape index (κ3) is 2.12. The molecule has 1 atom stereocenters. The van der Waals surface area contributed by atoms with Crippen molar-refractivity contribution in [1.29, 1.82) is 0 Å². The van der Waals surface area contributed by atoms with Crippen LogP contribution in [-0.2, 0) is 11.2 Å². The van der Waals surface area contributed by atoms with Crippen molar-refractivity contribution in [2.75, 3.05) is 11.9 Å². The number of hydrogen-bond acceptors (Lipinski definition) is 3. The summed E-state index contributed by atoms with van der Waals surface area (Å²) in [4.78, 5) is 29.5. The number of benzene rings is 2. The van der Waals surface area contributed by atoms with E-state index >= 15 is 0 Å². The van der Waals surface area contributed by atoms with Crippen molar-refractivity contribution in [1.82, 2.24) is 9.88 Å². The molecule has 6 nitrogen and oxygen atoms in total. The first-order chi connectivity index (χ1) is 12.6. The quantitative estimate of drug-likeness (QED) is 0.710. The molecule has 2 aliphatic rings. The van der Waals surface area contributed by atoms with Gasteiger partial charge in [0.25, 0.3) is 5.91 Å². The highest BCUT2D eigenvalue weighted by Gasteiger charge is 2.40. The summed E-state index contributed by atoms with van der Waals surface area (Å²) >= 11 is 0. The third-order valence-corrected chi connectivity index (χ3v) is 5.01. The summed E-state index contributed by atoms with van der Waals surface area (Å²) in [5.74, 6) is 0.289. The SMILES string of the molecule is CC(=O)Nc1ccc2c(c1)C(=O)N1CCc3c([nH]c4ccccc34)C1O2. The maximum absolute atomic E-state index is 13.0. The molecular weight excluding hydrogens is 330 g/mol. The summed E-state index contributed by atoms with van der Waals surface area (Å²) in [6.07, 6.45) is 0.337. The first kappa shape index (κ1) is 15.0. The number of H-pyrrole nitrogens is 1. The lowest BCUT2D eigenvalue weighted by Gasteiger charge is -2.39. The Hall–Kier alpha value is -3.28. The highest BCUT2D eigenvalue weighted by molar-refractivity contribution is 6.00. The van der Waals surface area contributed by atoms with Gasteiger partial charge in [-0.1, -0.05) is 18.2 Å². The number of rotatable bonds is 1. The summed E-state index contributed by atoms with van der Waals surface area (Å²) in [5.41, 5.74) is 4.29. The maximum Gasteiger partial charge on any atom is 0.260 e. The van der Waals surface area contributed by atoms with Crippen LogP contribution in [-0.4, -0.2) is 28.2 Å². The van der Waals surface area contributed by atoms with Gasteiger partial charge in [-0.05, 0) is 36.2 Å². The molecule has 2 aromatic carbocycles. The van der Waals surface area contributed by atoms with E-state index in [0.29, 0.717) is 23.5 Å². The van der Waals surface area contributed by atoms with Gasteiger partial charge in [0.1, 0.15) is 5.75 Å². The van der Waals surface area contributed by atoms with Gasteiger partial charge in [0.15, 0.2) is 0 Å². The molecule has 2 aliphatic heterocycles. The fourth-order valence-corrected chi connectivity index (χ4v) is 3.89. The highest BCUT2D eigenvalue weighted by atomic mass is 16.5. The first-order valence-corrected chi connectivity index (χ1v) is 8.60. The minimum atomic E-state index is -0.447. The zero-order chi connectivity index (χ0) is 17.8. The largest absolute Gasteiger partial charge is 0.464 e. The number of fused-ring (bicyclic) bond motifs is 6. The van der Waals surface area contributed by atoms with E-state index in [2.05, 4.69) is 16.4 Å². The number of para-hydroxylation sites is 1. The van der Waals surface area contributed by atoms with Gasteiger partial charge in [-0.3, -0.25) is 14.5 Å². The Morgan fingerprint density at radius 1 is 1.27 bits per heavy atom. The molecule has 130 valence electrons. The molecule has 0 saturated heterocycles. The maximum atomic E-state index is 13.0. The minimum absolute atomic E-state index is 0.0761. The van der Waals surface area contributed by atoms with Crippen molar-refractivity contribution in [3.05, 3.63) is 59.3 Å². The van der Waals surface area contributed by atoms with E-state index in [1.807, 2.05) is 18.2 Å². The zero-order valence-electron chi connectivity index (χ0n) is 14.2. The van der Waals surface area contributed by atoms with Crippen molar-refractivity contribution in [2.24, 2.45) is 0 Å². The van der Waals surface area contributed by atoms with Gasteiger partial charge in [-0.2, -0.15) is 0 Å². The number of amides is 2. The number of ether oxygens (including phenoxy) is 1. The van der Waals surface area contributed by atoms with Gasteiger partial charge in [0.05, 0.1) is 11.3 Å². The molecule has 3 aromatic rings. The zero-order valence-corrected chi connectivity index (χ0v) is 14.2. The lowest BCUT2D eigenvalue weighted by molar-refractivity contribution is -0.114. The van der Waals surface area contributed by atoms with Crippen LogP contribution < -0.4 is 10.1 Å². The number of carbonyl (C=O) groups excluding carboxylic acids is 2. The molecule has 0 fully saturated rings. The summed E-state index contributed by atoms with van der Waals surface area (Å²) in [6, 6.07) is 13.3. The smallest absolute Gasteiger partial charge is 0.260 e. The molecule has 6 heteroatoms. The topological polar surface area (TPSA) is 74.4 Å². The number of nitrogens with one attached hydrogen (secondary N) is 2. The molecule has 2 amide bonds. The number of aromatic nitrogens is 1. The molecule has 1 unspecified atom stereocenters. The molecule has 0 spiro atoms. The molecule has 0 aliphatic carbocycles. The van der Waals surface area contributed by atoms with Crippen LogP contribution in [0, 0.1) is 0 Å². The van der Waals surface area contributed by atoms with Crippen LogP contribution in [0.3, 0.4) is 0 Å². The average molecular weight is 347 g/mol. The second kappa shape index (κ2) is 5.36. The second-order valence-corrected chi connectivity index (χ2v) is 6.67. The molecular formula is C20H17N3O3. The average Bonchev–Trinajstić information content (AvgIpc) is 3.01. The van der Waals surface area contributed by atoms with E-state index in [4.69, 9.17) is 4.74 Å². The van der Waals surface area contributed by atoms with Crippen LogP contribution in [0.2, 0.25) is 0 Å². The molecule has 2 N–H and O–H groups in total. The number of aromatic amines is 1. The number of nitrogens with zero attached hydrogens (tertiary/aromatic N) is 1. The van der Waals surface area contributed by atoms with E-state index < -0.39 is 6.23 Å². The Balaban J connectivity index is 1.59. The van der Waals surface area contributed by atoms with Gasteiger partial charge < -0.3 is 15.0 Å². The van der Waals surface area contributed by atoms with Crippen LogP contribution in [0.1, 0.15) is 34.8 Å². The van der Waals surface area contributed by atoms with Crippen molar-refractivity contribution in [3.8, 4) is 5.75 Å². The lowest BCUT2D eigenvalue weighted by atomic mass is 9.99. The standard InChI is InChI=1S/C20H17N3O3/c1-11(24)21-12-6-7-17-15(10-12)19(25)23-9-8-14-13-4-2-3-5-16(13)22-18(14)20(23)26-17/h2-7,10,20,22H,8-9H2,1H3,(H,21,24). The monoisotopic (exact) mass is 347 g/mol. The Bertz CT molecular complexity index is 1070. The number of hydrogen-bond donors (Lipinski definition) is 2. The summed E-state index contributed by atoms with van der Waals surface area (Å²) in [6.45, 7) is 2.04. The van der Waals surface area contributed by atoms with Crippen LogP contribution in [0.15, 0.2) is 42.5 Å². The van der Waals surface area contributed by atoms with Crippen LogP contribution in [0.25, 0.3) is 10.9 Å². The lowest BCUT2D eigenvalue weighted by Crippen LogP contribution is -2.45. The Morgan fingerprint density at radius 2 is 2.12 bits per heavy atom. The molecule has 0 bridgehead atoms. The molecule has 5 rings (SSSR count). The fraction of sp³-hybridized carbons (Fsp3) is 0.200. The fourth-order valence-electron chi connectivity index (χ4n) is 3.89.